The van der Waals surface area contributed by atoms with Crippen LogP contribution in [0.25, 0.3) is 0 Å². The summed E-state index contributed by atoms with van der Waals surface area (Å²) in [7, 11) is 0. The van der Waals surface area contributed by atoms with Crippen LogP contribution < -0.4 is 10.6 Å². The van der Waals surface area contributed by atoms with Crippen molar-refractivity contribution >= 4 is 51.7 Å². The van der Waals surface area contributed by atoms with Crippen LogP contribution in [0.3, 0.4) is 0 Å². The summed E-state index contributed by atoms with van der Waals surface area (Å²) in [5.41, 5.74) is -0.543. The van der Waals surface area contributed by atoms with Crippen molar-refractivity contribution in [1.82, 2.24) is 5.32 Å². The number of rotatable bonds is 5. The van der Waals surface area contributed by atoms with E-state index >= 15 is 0 Å². The third-order valence-corrected chi connectivity index (χ3v) is 5.40. The molecule has 142 valence electrons. The monoisotopic (exact) mass is 500 g/mol. The van der Waals surface area contributed by atoms with Crippen LogP contribution >= 0.6 is 34.2 Å². The zero-order chi connectivity index (χ0) is 19.6. The largest absolute Gasteiger partial charge is 0.394 e. The molecule has 0 radical (unpaired) electrons. The molecule has 2 aromatic carbocycles. The Morgan fingerprint density at radius 2 is 2.00 bits per heavy atom. The maximum Gasteiger partial charge on any atom is 0.257 e. The Morgan fingerprint density at radius 3 is 2.67 bits per heavy atom. The van der Waals surface area contributed by atoms with Gasteiger partial charge in [-0.3, -0.25) is 9.59 Å². The maximum atomic E-state index is 12.9. The highest BCUT2D eigenvalue weighted by Crippen LogP contribution is 2.37. The molecule has 2 unspecified atom stereocenters. The van der Waals surface area contributed by atoms with Crippen molar-refractivity contribution in [3.63, 3.8) is 0 Å². The fourth-order valence-corrected chi connectivity index (χ4v) is 3.59. The zero-order valence-corrected chi connectivity index (χ0v) is 17.1. The molecule has 0 saturated heterocycles. The van der Waals surface area contributed by atoms with E-state index in [0.29, 0.717) is 17.1 Å². The van der Waals surface area contributed by atoms with Crippen LogP contribution in [0.5, 0.6) is 0 Å². The van der Waals surface area contributed by atoms with Crippen molar-refractivity contribution in [2.24, 2.45) is 0 Å². The van der Waals surface area contributed by atoms with Crippen LogP contribution in [0.15, 0.2) is 42.5 Å². The first kappa shape index (κ1) is 20.1. The molecule has 1 heterocycles. The summed E-state index contributed by atoms with van der Waals surface area (Å²) in [5, 5.41) is 26.3. The van der Waals surface area contributed by atoms with Gasteiger partial charge in [0.15, 0.2) is 5.60 Å². The number of nitrogens with one attached hydrogen (secondary N) is 2. The summed E-state index contributed by atoms with van der Waals surface area (Å²) in [4.78, 5) is 24.8. The lowest BCUT2D eigenvalue weighted by atomic mass is 9.84. The van der Waals surface area contributed by atoms with E-state index < -0.39 is 29.9 Å². The van der Waals surface area contributed by atoms with Crippen LogP contribution in [0, 0.1) is 3.57 Å². The van der Waals surface area contributed by atoms with E-state index in [2.05, 4.69) is 33.2 Å². The Balaban J connectivity index is 1.82. The van der Waals surface area contributed by atoms with E-state index in [1.54, 1.807) is 12.1 Å². The number of anilines is 1. The van der Waals surface area contributed by atoms with Crippen molar-refractivity contribution in [3.8, 4) is 0 Å². The Bertz CT molecular complexity index is 875. The average molecular weight is 501 g/mol. The van der Waals surface area contributed by atoms with E-state index in [-0.39, 0.29) is 12.2 Å². The van der Waals surface area contributed by atoms with Crippen molar-refractivity contribution in [3.05, 3.63) is 62.2 Å². The lowest BCUT2D eigenvalue weighted by molar-refractivity contribution is -0.146. The Labute approximate surface area is 175 Å². The second-order valence-electron chi connectivity index (χ2n) is 6.46. The minimum atomic E-state index is -2.05. The van der Waals surface area contributed by atoms with Gasteiger partial charge in [0, 0.05) is 19.8 Å². The fraction of sp³-hybridized carbons (Fsp3) is 0.263. The number of aliphatic hydroxyl groups is 2. The quantitative estimate of drug-likeness (QED) is 0.473. The lowest BCUT2D eigenvalue weighted by Crippen LogP contribution is -2.53. The number of carbonyl (C=O) groups is 2. The van der Waals surface area contributed by atoms with Gasteiger partial charge in [-0.05, 0) is 64.9 Å². The highest BCUT2D eigenvalue weighted by Gasteiger charge is 2.45. The van der Waals surface area contributed by atoms with E-state index in [1.165, 1.54) is 6.07 Å². The van der Waals surface area contributed by atoms with Crippen LogP contribution in [-0.4, -0.2) is 34.7 Å². The van der Waals surface area contributed by atoms with Gasteiger partial charge in [0.2, 0.25) is 5.91 Å². The Kier molecular flexibility index (Phi) is 6.05. The SMILES string of the molecule is O=C1CC(O)(C(=O)NC(CO)Cc2ccc(I)cc2)c2cc(Cl)ccc2N1. The molecule has 0 bridgehead atoms. The number of hydrogen-bond donors (Lipinski definition) is 4. The van der Waals surface area contributed by atoms with Gasteiger partial charge in [0.05, 0.1) is 19.1 Å². The number of aliphatic hydroxyl groups excluding tert-OH is 1. The Hall–Kier alpha value is -1.68. The molecule has 1 aliphatic heterocycles. The summed E-state index contributed by atoms with van der Waals surface area (Å²) in [6.07, 6.45) is -0.0301. The standard InChI is InChI=1S/C19H18ClIN2O4/c20-12-3-6-16-15(8-12)19(27,9-17(25)23-16)18(26)22-14(10-24)7-11-1-4-13(21)5-2-11/h1-6,8,14,24,27H,7,9-10H2,(H,22,26)(H,23,25). The molecule has 8 heteroatoms. The predicted octanol–water partition coefficient (Wildman–Crippen LogP) is 2.19. The molecule has 1 aliphatic rings. The van der Waals surface area contributed by atoms with Gasteiger partial charge in [0.25, 0.3) is 5.91 Å². The molecule has 2 atom stereocenters. The van der Waals surface area contributed by atoms with E-state index in [9.17, 15) is 19.8 Å². The fourth-order valence-electron chi connectivity index (χ4n) is 3.06. The van der Waals surface area contributed by atoms with Crippen molar-refractivity contribution < 1.29 is 19.8 Å². The molecular formula is C19H18ClIN2O4. The molecule has 2 aromatic rings. The zero-order valence-electron chi connectivity index (χ0n) is 14.2. The lowest BCUT2D eigenvalue weighted by Gasteiger charge is -2.34. The topological polar surface area (TPSA) is 98.7 Å². The minimum absolute atomic E-state index is 0.234. The summed E-state index contributed by atoms with van der Waals surface area (Å²) >= 11 is 8.20. The van der Waals surface area contributed by atoms with Gasteiger partial charge in [-0.15, -0.1) is 0 Å². The van der Waals surface area contributed by atoms with Crippen LogP contribution in [-0.2, 0) is 21.6 Å². The van der Waals surface area contributed by atoms with Gasteiger partial charge < -0.3 is 20.8 Å². The number of carbonyl (C=O) groups excluding carboxylic acids is 2. The Morgan fingerprint density at radius 1 is 1.30 bits per heavy atom. The highest BCUT2D eigenvalue weighted by molar-refractivity contribution is 14.1. The number of amides is 2. The molecule has 0 fully saturated rings. The van der Waals surface area contributed by atoms with Gasteiger partial charge >= 0.3 is 0 Å². The van der Waals surface area contributed by atoms with Gasteiger partial charge in [-0.25, -0.2) is 0 Å². The summed E-state index contributed by atoms with van der Waals surface area (Å²) < 4.78 is 1.08. The van der Waals surface area contributed by atoms with Crippen molar-refractivity contribution in [2.45, 2.75) is 24.5 Å². The van der Waals surface area contributed by atoms with Crippen molar-refractivity contribution in [1.29, 1.82) is 0 Å². The smallest absolute Gasteiger partial charge is 0.257 e. The second kappa shape index (κ2) is 8.14. The molecule has 6 nitrogen and oxygen atoms in total. The highest BCUT2D eigenvalue weighted by atomic mass is 127. The normalized spacial score (nSPS) is 19.8. The first-order chi connectivity index (χ1) is 12.8. The predicted molar refractivity (Wildman–Crippen MR) is 110 cm³/mol. The number of hydrogen-bond acceptors (Lipinski definition) is 4. The van der Waals surface area contributed by atoms with E-state index in [1.807, 2.05) is 24.3 Å². The van der Waals surface area contributed by atoms with Crippen LogP contribution in [0.4, 0.5) is 5.69 Å². The molecule has 0 spiro atoms. The summed E-state index contributed by atoms with van der Waals surface area (Å²) in [6, 6.07) is 11.7. The van der Waals surface area contributed by atoms with E-state index in [4.69, 9.17) is 11.6 Å². The molecule has 0 saturated carbocycles. The second-order valence-corrected chi connectivity index (χ2v) is 8.14. The van der Waals surface area contributed by atoms with Crippen LogP contribution in [0.1, 0.15) is 17.5 Å². The van der Waals surface area contributed by atoms with E-state index in [0.717, 1.165) is 9.13 Å². The molecule has 0 aromatic heterocycles. The molecule has 4 N–H and O–H groups in total. The average Bonchev–Trinajstić information content (AvgIpc) is 2.63. The number of benzene rings is 2. The molecular weight excluding hydrogens is 483 g/mol. The first-order valence-electron chi connectivity index (χ1n) is 8.30. The molecule has 2 amide bonds. The summed E-state index contributed by atoms with van der Waals surface area (Å²) in [5.74, 6) is -1.22. The van der Waals surface area contributed by atoms with Gasteiger partial charge in [-0.1, -0.05) is 23.7 Å². The van der Waals surface area contributed by atoms with Gasteiger partial charge in [0.1, 0.15) is 0 Å². The molecule has 0 aliphatic carbocycles. The molecule has 27 heavy (non-hydrogen) atoms. The third kappa shape index (κ3) is 4.43. The van der Waals surface area contributed by atoms with Crippen molar-refractivity contribution in [2.75, 3.05) is 11.9 Å². The number of fused-ring (bicyclic) bond motifs is 1. The third-order valence-electron chi connectivity index (χ3n) is 4.44. The number of halogens is 2. The molecule has 3 rings (SSSR count). The minimum Gasteiger partial charge on any atom is -0.394 e. The first-order valence-corrected chi connectivity index (χ1v) is 9.76. The summed E-state index contributed by atoms with van der Waals surface area (Å²) in [6.45, 7) is -0.303. The van der Waals surface area contributed by atoms with Crippen LogP contribution in [0.2, 0.25) is 5.02 Å². The maximum absolute atomic E-state index is 12.9. The van der Waals surface area contributed by atoms with Gasteiger partial charge in [-0.2, -0.15) is 0 Å².